The smallest absolute Gasteiger partial charge is 0.271 e. The number of benzene rings is 3. The Kier molecular flexibility index (Phi) is 8.31. The number of nitrogens with one attached hydrogen (secondary N) is 1. The fourth-order valence-corrected chi connectivity index (χ4v) is 5.43. The van der Waals surface area contributed by atoms with Crippen LogP contribution in [-0.4, -0.2) is 62.8 Å². The van der Waals surface area contributed by atoms with E-state index >= 15 is 0 Å². The van der Waals surface area contributed by atoms with Crippen molar-refractivity contribution >= 4 is 16.9 Å². The van der Waals surface area contributed by atoms with Crippen molar-refractivity contribution in [2.24, 2.45) is 0 Å². The van der Waals surface area contributed by atoms with E-state index in [9.17, 15) is 15.0 Å². The third-order valence-corrected chi connectivity index (χ3v) is 7.71. The van der Waals surface area contributed by atoms with Gasteiger partial charge in [0.25, 0.3) is 5.91 Å². The van der Waals surface area contributed by atoms with Crippen LogP contribution >= 0.6 is 0 Å². The third-order valence-electron chi connectivity index (χ3n) is 7.71. The van der Waals surface area contributed by atoms with E-state index in [2.05, 4.69) is 20.2 Å². The van der Waals surface area contributed by atoms with Crippen molar-refractivity contribution in [2.45, 2.75) is 50.6 Å². The molecule has 4 atom stereocenters. The van der Waals surface area contributed by atoms with Gasteiger partial charge in [0.2, 0.25) is 0 Å². The molecule has 1 aromatic heterocycles. The minimum Gasteiger partial charge on any atom is -0.392 e. The highest BCUT2D eigenvalue weighted by Gasteiger charge is 2.34. The number of fused-ring (bicyclic) bond motifs is 1. The molecular formula is C32H34N4O5. The van der Waals surface area contributed by atoms with Crippen LogP contribution in [0.2, 0.25) is 0 Å². The maximum Gasteiger partial charge on any atom is 0.271 e. The van der Waals surface area contributed by atoms with E-state index < -0.39 is 6.29 Å². The molecule has 41 heavy (non-hydrogen) atoms. The molecular weight excluding hydrogens is 520 g/mol. The number of β-amino-alcohol motifs (C(OH)–C–C–N with tert-alkyl or cyclic N) is 1. The van der Waals surface area contributed by atoms with Gasteiger partial charge in [-0.2, -0.15) is 0 Å². The van der Waals surface area contributed by atoms with Crippen molar-refractivity contribution in [2.75, 3.05) is 19.6 Å². The molecule has 0 spiro atoms. The second-order valence-corrected chi connectivity index (χ2v) is 10.7. The molecule has 2 saturated heterocycles. The Hall–Kier alpha value is -3.73. The van der Waals surface area contributed by atoms with Gasteiger partial charge in [-0.1, -0.05) is 60.7 Å². The number of ether oxygens (including phenoxy) is 2. The summed E-state index contributed by atoms with van der Waals surface area (Å²) in [5.74, 6) is -0.281. The highest BCUT2D eigenvalue weighted by Crippen LogP contribution is 2.38. The Labute approximate surface area is 238 Å². The first kappa shape index (κ1) is 27.4. The molecule has 3 aromatic carbocycles. The quantitative estimate of drug-likeness (QED) is 0.302. The van der Waals surface area contributed by atoms with Gasteiger partial charge in [-0.3, -0.25) is 14.7 Å². The summed E-state index contributed by atoms with van der Waals surface area (Å²) in [6.07, 6.45) is 1.90. The molecule has 0 aliphatic carbocycles. The zero-order chi connectivity index (χ0) is 28.2. The van der Waals surface area contributed by atoms with Gasteiger partial charge >= 0.3 is 0 Å². The second kappa shape index (κ2) is 12.4. The first-order valence-corrected chi connectivity index (χ1v) is 14.0. The monoisotopic (exact) mass is 554 g/mol. The number of aromatic nitrogens is 2. The summed E-state index contributed by atoms with van der Waals surface area (Å²) in [5.41, 5.74) is 5.43. The summed E-state index contributed by atoms with van der Waals surface area (Å²) in [6, 6.07) is 23.1. The van der Waals surface area contributed by atoms with Gasteiger partial charge in [0.05, 0.1) is 42.1 Å². The SMILES string of the molecule is O=C(NCc1ccc(C2OC(CN3CCC(O)C3)CC(c3ccc(CO)cc3)O2)cc1)c1cnc2ccccc2n1. The number of aliphatic hydroxyl groups is 2. The van der Waals surface area contributed by atoms with Gasteiger partial charge in [0.1, 0.15) is 5.69 Å². The van der Waals surface area contributed by atoms with Crippen molar-refractivity contribution in [3.63, 3.8) is 0 Å². The molecule has 0 radical (unpaired) electrons. The Morgan fingerprint density at radius 2 is 1.68 bits per heavy atom. The van der Waals surface area contributed by atoms with Crippen LogP contribution in [0.1, 0.15) is 58.0 Å². The largest absolute Gasteiger partial charge is 0.392 e. The second-order valence-electron chi connectivity index (χ2n) is 10.7. The number of para-hydroxylation sites is 2. The number of carbonyl (C=O) groups excluding carboxylic acids is 1. The summed E-state index contributed by atoms with van der Waals surface area (Å²) < 4.78 is 12.9. The van der Waals surface area contributed by atoms with Crippen LogP contribution in [0.15, 0.2) is 79.0 Å². The standard InChI is InChI=1S/C32H34N4O5/c37-20-22-7-9-23(10-8-22)30-15-26(19-36-14-13-25(38)18-36)40-32(41-30)24-11-5-21(6-12-24)16-34-31(39)29-17-33-27-3-1-2-4-28(27)35-29/h1-12,17,25-26,30,32,37-38H,13-16,18-20H2,(H,34,39). The summed E-state index contributed by atoms with van der Waals surface area (Å²) in [7, 11) is 0. The third kappa shape index (κ3) is 6.61. The van der Waals surface area contributed by atoms with Gasteiger partial charge in [0, 0.05) is 38.2 Å². The summed E-state index contributed by atoms with van der Waals surface area (Å²) in [4.78, 5) is 23.7. The highest BCUT2D eigenvalue weighted by atomic mass is 16.7. The van der Waals surface area contributed by atoms with Crippen LogP contribution in [-0.2, 0) is 22.6 Å². The molecule has 3 heterocycles. The van der Waals surface area contributed by atoms with Gasteiger partial charge < -0.3 is 25.0 Å². The Morgan fingerprint density at radius 1 is 0.951 bits per heavy atom. The molecule has 2 aliphatic rings. The molecule has 2 aliphatic heterocycles. The van der Waals surface area contributed by atoms with Gasteiger partial charge in [-0.05, 0) is 35.2 Å². The predicted molar refractivity (Wildman–Crippen MR) is 153 cm³/mol. The maximum atomic E-state index is 12.7. The number of nitrogens with zero attached hydrogens (tertiary/aromatic N) is 3. The maximum absolute atomic E-state index is 12.7. The van der Waals surface area contributed by atoms with Crippen LogP contribution in [0.25, 0.3) is 11.0 Å². The Bertz CT molecular complexity index is 1480. The summed E-state index contributed by atoms with van der Waals surface area (Å²) >= 11 is 0. The molecule has 4 aromatic rings. The minimum absolute atomic E-state index is 0.0000866. The average molecular weight is 555 g/mol. The molecule has 1 amide bonds. The lowest BCUT2D eigenvalue weighted by Gasteiger charge is -2.37. The Morgan fingerprint density at radius 3 is 2.41 bits per heavy atom. The van der Waals surface area contributed by atoms with Crippen molar-refractivity contribution in [3.05, 3.63) is 107 Å². The topological polar surface area (TPSA) is 117 Å². The van der Waals surface area contributed by atoms with Gasteiger partial charge in [-0.25, -0.2) is 4.98 Å². The first-order chi connectivity index (χ1) is 20.0. The van der Waals surface area contributed by atoms with Crippen LogP contribution in [0.3, 0.4) is 0 Å². The summed E-state index contributed by atoms with van der Waals surface area (Å²) in [5, 5.41) is 22.3. The lowest BCUT2D eigenvalue weighted by molar-refractivity contribution is -0.252. The van der Waals surface area contributed by atoms with E-state index in [-0.39, 0.29) is 36.5 Å². The normalized spacial score (nSPS) is 23.1. The molecule has 0 bridgehead atoms. The summed E-state index contributed by atoms with van der Waals surface area (Å²) in [6.45, 7) is 2.59. The van der Waals surface area contributed by atoms with Gasteiger partial charge in [-0.15, -0.1) is 0 Å². The van der Waals surface area contributed by atoms with Crippen molar-refractivity contribution in [1.29, 1.82) is 0 Å². The van der Waals surface area contributed by atoms with E-state index in [1.54, 1.807) is 0 Å². The number of aliphatic hydroxyl groups excluding tert-OH is 2. The number of hydrogen-bond donors (Lipinski definition) is 3. The molecule has 212 valence electrons. The minimum atomic E-state index is -0.555. The van der Waals surface area contributed by atoms with Crippen molar-refractivity contribution in [1.82, 2.24) is 20.2 Å². The number of hydrogen-bond acceptors (Lipinski definition) is 8. The van der Waals surface area contributed by atoms with Crippen LogP contribution in [0, 0.1) is 0 Å². The van der Waals surface area contributed by atoms with Crippen LogP contribution < -0.4 is 5.32 Å². The van der Waals surface area contributed by atoms with Crippen molar-refractivity contribution < 1.29 is 24.5 Å². The number of carbonyl (C=O) groups is 1. The fourth-order valence-electron chi connectivity index (χ4n) is 5.43. The molecule has 2 fully saturated rings. The van der Waals surface area contributed by atoms with E-state index in [1.807, 2.05) is 72.8 Å². The Balaban J connectivity index is 1.12. The highest BCUT2D eigenvalue weighted by molar-refractivity contribution is 5.93. The van der Waals surface area contributed by atoms with E-state index in [4.69, 9.17) is 9.47 Å². The molecule has 6 rings (SSSR count). The number of amides is 1. The van der Waals surface area contributed by atoms with Crippen LogP contribution in [0.4, 0.5) is 0 Å². The van der Waals surface area contributed by atoms with Gasteiger partial charge in [0.15, 0.2) is 6.29 Å². The first-order valence-electron chi connectivity index (χ1n) is 14.0. The molecule has 3 N–H and O–H groups in total. The van der Waals surface area contributed by atoms with Crippen molar-refractivity contribution in [3.8, 4) is 0 Å². The lowest BCUT2D eigenvalue weighted by atomic mass is 9.99. The molecule has 9 nitrogen and oxygen atoms in total. The molecule has 9 heteroatoms. The number of rotatable bonds is 8. The average Bonchev–Trinajstić information content (AvgIpc) is 3.43. The molecule has 4 unspecified atom stereocenters. The van der Waals surface area contributed by atoms with E-state index in [0.717, 1.165) is 47.3 Å². The fraction of sp³-hybridized carbons (Fsp3) is 0.344. The molecule has 0 saturated carbocycles. The predicted octanol–water partition coefficient (Wildman–Crippen LogP) is 3.66. The number of likely N-dealkylation sites (tertiary alicyclic amines) is 1. The lowest BCUT2D eigenvalue weighted by Crippen LogP contribution is -2.38. The zero-order valence-electron chi connectivity index (χ0n) is 22.7. The van der Waals surface area contributed by atoms with Crippen LogP contribution in [0.5, 0.6) is 0 Å². The zero-order valence-corrected chi connectivity index (χ0v) is 22.7. The van der Waals surface area contributed by atoms with E-state index in [0.29, 0.717) is 25.0 Å². The van der Waals surface area contributed by atoms with E-state index in [1.165, 1.54) is 6.20 Å².